The quantitative estimate of drug-likeness (QED) is 0.0481. The van der Waals surface area contributed by atoms with E-state index in [-0.39, 0.29) is 0 Å². The summed E-state index contributed by atoms with van der Waals surface area (Å²) in [6, 6.07) is 39.3. The highest BCUT2D eigenvalue weighted by atomic mass is 16.6. The number of aryl methyl sites for hydroxylation is 2. The van der Waals surface area contributed by atoms with E-state index in [1.165, 1.54) is 11.1 Å². The van der Waals surface area contributed by atoms with Gasteiger partial charge in [0.2, 0.25) is 0 Å². The molecule has 5 aromatic carbocycles. The zero-order chi connectivity index (χ0) is 33.0. The lowest BCUT2D eigenvalue weighted by atomic mass is 10.1. The number of esters is 2. The molecule has 2 aliphatic rings. The molecule has 2 fully saturated rings. The Kier molecular flexibility index (Phi) is 8.70. The van der Waals surface area contributed by atoms with Crippen LogP contribution in [0.2, 0.25) is 0 Å². The number of rotatable bonds is 11. The fourth-order valence-electron chi connectivity index (χ4n) is 4.99. The fourth-order valence-corrected chi connectivity index (χ4v) is 4.99. The van der Waals surface area contributed by atoms with E-state index < -0.39 is 24.1 Å². The van der Waals surface area contributed by atoms with Gasteiger partial charge in [-0.05, 0) is 104 Å². The Hall–Kier alpha value is -5.77. The molecule has 0 spiro atoms. The van der Waals surface area contributed by atoms with Crippen LogP contribution in [0, 0.1) is 13.8 Å². The molecule has 5 aromatic rings. The van der Waals surface area contributed by atoms with Gasteiger partial charge in [0.15, 0.2) is 12.2 Å². The molecule has 0 bridgehead atoms. The molecule has 1 unspecified atom stereocenters. The number of carbonyl (C=O) groups is 2. The molecule has 0 radical (unpaired) electrons. The van der Waals surface area contributed by atoms with Gasteiger partial charge >= 0.3 is 11.9 Å². The van der Waals surface area contributed by atoms with E-state index in [9.17, 15) is 9.59 Å². The van der Waals surface area contributed by atoms with Crippen LogP contribution in [-0.2, 0) is 19.1 Å². The molecule has 2 atom stereocenters. The van der Waals surface area contributed by atoms with Crippen molar-refractivity contribution < 1.29 is 28.5 Å². The number of hydrogen-bond donors (Lipinski definition) is 0. The van der Waals surface area contributed by atoms with Gasteiger partial charge in [-0.15, -0.1) is 0 Å². The van der Waals surface area contributed by atoms with Gasteiger partial charge in [-0.2, -0.15) is 5.10 Å². The number of ether oxygens (including phenoxy) is 4. The van der Waals surface area contributed by atoms with Crippen molar-refractivity contribution in [1.29, 1.82) is 0 Å². The fraction of sp³-hybridized carbons (Fsp3) is 0.154. The molecule has 0 amide bonds. The van der Waals surface area contributed by atoms with Crippen molar-refractivity contribution >= 4 is 46.6 Å². The van der Waals surface area contributed by atoms with Gasteiger partial charge in [-0.25, -0.2) is 14.6 Å². The Morgan fingerprint density at radius 2 is 0.938 bits per heavy atom. The summed E-state index contributed by atoms with van der Waals surface area (Å²) >= 11 is 0. The minimum atomic E-state index is -0.489. The zero-order valence-electron chi connectivity index (χ0n) is 26.5. The second kappa shape index (κ2) is 13.5. The Morgan fingerprint density at radius 3 is 1.31 bits per heavy atom. The van der Waals surface area contributed by atoms with E-state index in [4.69, 9.17) is 24.0 Å². The highest BCUT2D eigenvalue weighted by Gasteiger charge is 2.34. The van der Waals surface area contributed by atoms with Crippen molar-refractivity contribution in [2.45, 2.75) is 26.1 Å². The van der Waals surface area contributed by atoms with Crippen molar-refractivity contribution in [1.82, 2.24) is 0 Å². The largest absolute Gasteiger partial charge is 0.425 e. The van der Waals surface area contributed by atoms with Crippen LogP contribution in [0.1, 0.15) is 16.7 Å². The van der Waals surface area contributed by atoms with E-state index in [0.29, 0.717) is 24.7 Å². The normalized spacial score (nSPS) is 16.3. The molecule has 0 saturated carbocycles. The first-order valence-corrected chi connectivity index (χ1v) is 15.6. The van der Waals surface area contributed by atoms with Gasteiger partial charge in [0.25, 0.3) is 0 Å². The third kappa shape index (κ3) is 7.44. The van der Waals surface area contributed by atoms with Crippen molar-refractivity contribution in [2.75, 3.05) is 23.1 Å². The van der Waals surface area contributed by atoms with Crippen molar-refractivity contribution in [2.24, 2.45) is 5.10 Å². The maximum atomic E-state index is 12.1. The van der Waals surface area contributed by atoms with Crippen LogP contribution in [-0.4, -0.2) is 43.6 Å². The molecule has 240 valence electrons. The standard InChI is InChI=1S/C39H33N3O6/c1-26-3-9-29(10-4-26)41(30-11-5-27(2)6-12-30)31-13-7-28(8-14-31)23-40-42(32-15-19-34(20-16-32)47-38(43)36-24-45-36)33-17-21-35(22-18-33)48-39(44)37-25-46-37/h3-23,36-37H,24-25H2,1-2H3/t36-,37?/m1/s1. The average Bonchev–Trinajstić information content (AvgIpc) is 4.03. The second-order valence-corrected chi connectivity index (χ2v) is 11.6. The average molecular weight is 640 g/mol. The van der Waals surface area contributed by atoms with Gasteiger partial charge in [-0.1, -0.05) is 47.5 Å². The van der Waals surface area contributed by atoms with Crippen molar-refractivity contribution in [3.63, 3.8) is 0 Å². The lowest BCUT2D eigenvalue weighted by molar-refractivity contribution is -0.136. The van der Waals surface area contributed by atoms with Crippen LogP contribution in [0.4, 0.5) is 28.4 Å². The minimum absolute atomic E-state index is 0.384. The second-order valence-electron chi connectivity index (χ2n) is 11.6. The SMILES string of the molecule is Cc1ccc(N(c2ccc(C)cc2)c2ccc(C=NN(c3ccc(OC(=O)C4CO4)cc3)c3ccc(OC(=O)[C@H]4CO4)cc3)cc2)cc1. The Labute approximate surface area is 278 Å². The third-order valence-electron chi connectivity index (χ3n) is 7.85. The predicted molar refractivity (Wildman–Crippen MR) is 184 cm³/mol. The third-order valence-corrected chi connectivity index (χ3v) is 7.85. The van der Waals surface area contributed by atoms with Gasteiger partial charge in [0.1, 0.15) is 11.5 Å². The number of carbonyl (C=O) groups excluding carboxylic acids is 2. The van der Waals surface area contributed by atoms with E-state index in [2.05, 4.69) is 79.4 Å². The minimum Gasteiger partial charge on any atom is -0.425 e. The summed E-state index contributed by atoms with van der Waals surface area (Å²) in [5.41, 5.74) is 7.89. The smallest absolute Gasteiger partial charge is 0.343 e. The van der Waals surface area contributed by atoms with Crippen molar-refractivity contribution in [3.8, 4) is 11.5 Å². The van der Waals surface area contributed by atoms with E-state index in [1.807, 2.05) is 36.4 Å². The molecule has 2 aliphatic heterocycles. The molecule has 2 saturated heterocycles. The Bertz CT molecular complexity index is 1800. The number of hydrogen-bond acceptors (Lipinski definition) is 9. The monoisotopic (exact) mass is 639 g/mol. The van der Waals surface area contributed by atoms with Crippen LogP contribution >= 0.6 is 0 Å². The Balaban J connectivity index is 1.15. The van der Waals surface area contributed by atoms with E-state index in [0.717, 1.165) is 34.0 Å². The topological polar surface area (TPSA) is 96.5 Å². The first-order valence-electron chi connectivity index (χ1n) is 15.6. The molecule has 2 heterocycles. The van der Waals surface area contributed by atoms with Crippen LogP contribution in [0.3, 0.4) is 0 Å². The van der Waals surface area contributed by atoms with E-state index in [1.54, 1.807) is 35.5 Å². The molecule has 0 aliphatic carbocycles. The number of anilines is 5. The Morgan fingerprint density at radius 1 is 0.583 bits per heavy atom. The number of benzene rings is 5. The maximum Gasteiger partial charge on any atom is 0.343 e. The zero-order valence-corrected chi connectivity index (χ0v) is 26.5. The summed E-state index contributed by atoms with van der Waals surface area (Å²) in [6.45, 7) is 4.93. The highest BCUT2D eigenvalue weighted by Crippen LogP contribution is 2.35. The summed E-state index contributed by atoms with van der Waals surface area (Å²) in [5.74, 6) is 0.00215. The summed E-state index contributed by atoms with van der Waals surface area (Å²) in [4.78, 5) is 26.3. The lowest BCUT2D eigenvalue weighted by Crippen LogP contribution is -2.15. The van der Waals surface area contributed by atoms with E-state index >= 15 is 0 Å². The van der Waals surface area contributed by atoms with Crippen LogP contribution < -0.4 is 19.4 Å². The molecular formula is C39H33N3O6. The summed E-state index contributed by atoms with van der Waals surface area (Å²) < 4.78 is 20.8. The number of nitrogens with zero attached hydrogens (tertiary/aromatic N) is 3. The molecule has 7 rings (SSSR count). The molecule has 48 heavy (non-hydrogen) atoms. The summed E-state index contributed by atoms with van der Waals surface area (Å²) in [7, 11) is 0. The highest BCUT2D eigenvalue weighted by molar-refractivity contribution is 5.85. The number of hydrazone groups is 1. The molecule has 9 nitrogen and oxygen atoms in total. The molecule has 0 aromatic heterocycles. The summed E-state index contributed by atoms with van der Waals surface area (Å²) in [5, 5.41) is 6.60. The molecule has 0 N–H and O–H groups in total. The van der Waals surface area contributed by atoms with Crippen LogP contribution in [0.15, 0.2) is 126 Å². The first kappa shape index (κ1) is 30.9. The van der Waals surface area contributed by atoms with Gasteiger partial charge in [0, 0.05) is 17.1 Å². The molecular weight excluding hydrogens is 606 g/mol. The van der Waals surface area contributed by atoms with Crippen LogP contribution in [0.25, 0.3) is 0 Å². The predicted octanol–water partition coefficient (Wildman–Crippen LogP) is 7.55. The maximum absolute atomic E-state index is 12.1. The van der Waals surface area contributed by atoms with Crippen molar-refractivity contribution in [3.05, 3.63) is 138 Å². The van der Waals surface area contributed by atoms with Gasteiger partial charge in [0.05, 0.1) is 30.8 Å². The first-order chi connectivity index (χ1) is 23.4. The molecule has 9 heteroatoms. The van der Waals surface area contributed by atoms with Crippen LogP contribution in [0.5, 0.6) is 11.5 Å². The lowest BCUT2D eigenvalue weighted by Gasteiger charge is -2.26. The van der Waals surface area contributed by atoms with Gasteiger partial charge < -0.3 is 23.8 Å². The van der Waals surface area contributed by atoms with Gasteiger partial charge in [-0.3, -0.25) is 0 Å². The number of epoxide rings is 2. The summed E-state index contributed by atoms with van der Waals surface area (Å²) in [6.07, 6.45) is 0.803.